The fraction of sp³-hybridized carbons (Fsp3) is 0.630. The highest BCUT2D eigenvalue weighted by molar-refractivity contribution is 8.00. The molecule has 7 aliphatic rings. The number of benzene rings is 2. The van der Waals surface area contributed by atoms with E-state index in [-0.39, 0.29) is 103 Å². The molecule has 0 aromatic heterocycles. The summed E-state index contributed by atoms with van der Waals surface area (Å²) in [5, 5.41) is 14.5. The second kappa shape index (κ2) is 23.9. The number of nitrogens with zero attached hydrogens (tertiary/aromatic N) is 5. The van der Waals surface area contributed by atoms with Crippen molar-refractivity contribution in [2.75, 3.05) is 71.8 Å². The van der Waals surface area contributed by atoms with Crippen LogP contribution in [-0.2, 0) is 38.8 Å². The van der Waals surface area contributed by atoms with Crippen molar-refractivity contribution in [3.05, 3.63) is 64.7 Å². The molecule has 6 saturated heterocycles. The number of ether oxygens (including phenoxy) is 1. The van der Waals surface area contributed by atoms with Crippen LogP contribution >= 0.6 is 11.8 Å². The molecular formula is C54H74N10O11S2. The molecular weight excluding hydrogens is 1030 g/mol. The lowest BCUT2D eigenvalue weighted by molar-refractivity contribution is -0.137. The fourth-order valence-corrected chi connectivity index (χ4v) is 15.1. The summed E-state index contributed by atoms with van der Waals surface area (Å²) < 4.78 is 33.0. The number of nitrogens with one attached hydrogen (secondary N) is 5. The zero-order valence-electron chi connectivity index (χ0n) is 44.7. The Labute approximate surface area is 455 Å². The van der Waals surface area contributed by atoms with Crippen LogP contribution in [0.4, 0.5) is 0 Å². The van der Waals surface area contributed by atoms with Crippen LogP contribution in [0.2, 0.25) is 0 Å². The highest BCUT2D eigenvalue weighted by Crippen LogP contribution is 2.38. The van der Waals surface area contributed by atoms with E-state index in [2.05, 4.69) is 55.7 Å². The van der Waals surface area contributed by atoms with E-state index in [9.17, 15) is 46.8 Å². The van der Waals surface area contributed by atoms with E-state index >= 15 is 0 Å². The van der Waals surface area contributed by atoms with Gasteiger partial charge in [0.15, 0.2) is 6.61 Å². The summed E-state index contributed by atoms with van der Waals surface area (Å²) in [6.45, 7) is 10.2. The molecule has 0 aliphatic carbocycles. The molecule has 21 nitrogen and oxygen atoms in total. The minimum atomic E-state index is -3.52. The van der Waals surface area contributed by atoms with Gasteiger partial charge in [0.1, 0.15) is 17.3 Å². The van der Waals surface area contributed by atoms with E-state index in [1.165, 1.54) is 22.0 Å². The van der Waals surface area contributed by atoms with Crippen LogP contribution in [0, 0.1) is 23.7 Å². The number of rotatable bonds is 16. The topological polar surface area (TPSA) is 256 Å². The maximum atomic E-state index is 13.7. The van der Waals surface area contributed by atoms with Gasteiger partial charge >= 0.3 is 0 Å². The molecule has 0 spiro atoms. The molecule has 2 aromatic carbocycles. The number of hydrogen-bond acceptors (Lipinski definition) is 15. The van der Waals surface area contributed by atoms with E-state index in [4.69, 9.17) is 4.74 Å². The average Bonchev–Trinajstić information content (AvgIpc) is 4.13. The van der Waals surface area contributed by atoms with Gasteiger partial charge in [-0.2, -0.15) is 4.31 Å². The highest BCUT2D eigenvalue weighted by Gasteiger charge is 2.48. The van der Waals surface area contributed by atoms with Gasteiger partial charge in [-0.25, -0.2) is 8.42 Å². The largest absolute Gasteiger partial charge is 0.483 e. The molecule has 8 unspecified atom stereocenters. The van der Waals surface area contributed by atoms with E-state index in [0.29, 0.717) is 50.5 Å². The SMILES string of the molecule is CC1C(C(=O)NCC(=O)NC2NC(c3cccc(C4CCNC(N(C)CC(=O)N5CCC(C6CCN(C(=O)COc7cccc8c7C(=O)N(C7CCC(=O)NC7=O)C8=O)CC6)CC5)C4)c3)CS2)CN(S(=O)(=O)C(C)C)C1C. The van der Waals surface area contributed by atoms with Gasteiger partial charge in [0.25, 0.3) is 17.7 Å². The smallest absolute Gasteiger partial charge is 0.266 e. The molecule has 23 heteroatoms. The Morgan fingerprint density at radius 2 is 1.55 bits per heavy atom. The predicted molar refractivity (Wildman–Crippen MR) is 286 cm³/mol. The number of carbonyl (C=O) groups is 8. The van der Waals surface area contributed by atoms with Crippen molar-refractivity contribution in [2.45, 2.75) is 120 Å². The first kappa shape index (κ1) is 56.3. The molecule has 8 amide bonds. The minimum absolute atomic E-state index is 0.00812. The lowest BCUT2D eigenvalue weighted by Crippen LogP contribution is -2.54. The van der Waals surface area contributed by atoms with Crippen molar-refractivity contribution in [2.24, 2.45) is 23.7 Å². The van der Waals surface area contributed by atoms with Crippen molar-refractivity contribution in [1.29, 1.82) is 0 Å². The Kier molecular flexibility index (Phi) is 17.4. The number of thioether (sulfide) groups is 1. The molecule has 9 rings (SSSR count). The third kappa shape index (κ3) is 12.2. The van der Waals surface area contributed by atoms with Crippen molar-refractivity contribution in [3.63, 3.8) is 0 Å². The molecule has 2 aromatic rings. The van der Waals surface area contributed by atoms with E-state index < -0.39 is 50.9 Å². The van der Waals surface area contributed by atoms with Crippen molar-refractivity contribution in [3.8, 4) is 5.75 Å². The predicted octanol–water partition coefficient (Wildman–Crippen LogP) is 1.96. The van der Waals surface area contributed by atoms with Crippen LogP contribution < -0.4 is 31.3 Å². The fourth-order valence-electron chi connectivity index (χ4n) is 12.4. The summed E-state index contributed by atoms with van der Waals surface area (Å²) in [7, 11) is -1.51. The molecule has 0 bridgehead atoms. The quantitative estimate of drug-likeness (QED) is 0.151. The number of likely N-dealkylation sites (N-methyl/N-ethyl adjacent to an activating group) is 1. The number of piperidine rings is 4. The molecule has 8 atom stereocenters. The van der Waals surface area contributed by atoms with Crippen LogP contribution in [0.3, 0.4) is 0 Å². The Morgan fingerprint density at radius 1 is 0.870 bits per heavy atom. The summed E-state index contributed by atoms with van der Waals surface area (Å²) >= 11 is 1.59. The van der Waals surface area contributed by atoms with Gasteiger partial charge in [0, 0.05) is 57.0 Å². The second-order valence-electron chi connectivity index (χ2n) is 22.2. The monoisotopic (exact) mass is 1100 g/mol. The molecule has 77 heavy (non-hydrogen) atoms. The number of imide groups is 2. The van der Waals surface area contributed by atoms with E-state index in [1.54, 1.807) is 36.6 Å². The Hall–Kier alpha value is -5.46. The normalized spacial score (nSPS) is 27.8. The van der Waals surface area contributed by atoms with Crippen LogP contribution in [-0.4, -0.2) is 180 Å². The van der Waals surface area contributed by atoms with Crippen molar-refractivity contribution in [1.82, 2.24) is 50.5 Å². The maximum Gasteiger partial charge on any atom is 0.266 e. The standard InChI is InChI=1S/C54H74N10O11S2/c1-31(2)77(73,74)63-27-40(32(3)33(63)4)50(69)56-26-46(66)59-54-57-41(30-76-54)38-9-6-8-36(24-38)37-14-19-55-44(25-37)60(5)28-47(67)61-20-15-34(16-21-61)35-17-22-62(23-18-35)48(68)29-75-43-11-7-10-39-49(43)53(72)64(52(39)71)42-12-13-45(65)58-51(42)70/h6-11,24,31-35,37,40-42,44,54-55,57H,12-23,25-30H2,1-5H3,(H,56,69)(H,59,66)(H,58,65,70). The van der Waals surface area contributed by atoms with Crippen LogP contribution in [0.25, 0.3) is 0 Å². The van der Waals surface area contributed by atoms with Gasteiger partial charge in [-0.3, -0.25) is 58.8 Å². The van der Waals surface area contributed by atoms with Crippen LogP contribution in [0.1, 0.15) is 123 Å². The van der Waals surface area contributed by atoms with Gasteiger partial charge in [0.2, 0.25) is 39.6 Å². The number of amides is 8. The maximum absolute atomic E-state index is 13.7. The first-order valence-electron chi connectivity index (χ1n) is 27.3. The Balaban J connectivity index is 0.673. The van der Waals surface area contributed by atoms with Gasteiger partial charge in [0.05, 0.1) is 41.6 Å². The van der Waals surface area contributed by atoms with Gasteiger partial charge < -0.3 is 30.5 Å². The molecule has 418 valence electrons. The summed E-state index contributed by atoms with van der Waals surface area (Å²) in [6, 6.07) is 11.8. The number of sulfonamides is 1. The second-order valence-corrected chi connectivity index (χ2v) is 25.8. The summed E-state index contributed by atoms with van der Waals surface area (Å²) in [5.41, 5.74) is 2.13. The van der Waals surface area contributed by atoms with Crippen LogP contribution in [0.15, 0.2) is 42.5 Å². The number of hydrogen-bond donors (Lipinski definition) is 5. The lowest BCUT2D eigenvalue weighted by atomic mass is 9.79. The molecule has 0 saturated carbocycles. The summed E-state index contributed by atoms with van der Waals surface area (Å²) in [4.78, 5) is 111. The van der Waals surface area contributed by atoms with Crippen LogP contribution in [0.5, 0.6) is 5.75 Å². The average molecular weight is 1100 g/mol. The van der Waals surface area contributed by atoms with Crippen molar-refractivity contribution >= 4 is 69.0 Å². The van der Waals surface area contributed by atoms with Gasteiger partial charge in [-0.15, -0.1) is 11.8 Å². The zero-order valence-corrected chi connectivity index (χ0v) is 46.3. The molecule has 6 fully saturated rings. The Morgan fingerprint density at radius 3 is 2.23 bits per heavy atom. The number of fused-ring (bicyclic) bond motifs is 1. The van der Waals surface area contributed by atoms with Gasteiger partial charge in [-0.1, -0.05) is 37.3 Å². The molecule has 7 aliphatic heterocycles. The minimum Gasteiger partial charge on any atom is -0.483 e. The third-order valence-electron chi connectivity index (χ3n) is 17.3. The first-order valence-corrected chi connectivity index (χ1v) is 29.9. The van der Waals surface area contributed by atoms with E-state index in [1.807, 2.05) is 25.8 Å². The molecule has 0 radical (unpaired) electrons. The Bertz CT molecular complexity index is 2730. The van der Waals surface area contributed by atoms with E-state index in [0.717, 1.165) is 61.3 Å². The zero-order chi connectivity index (χ0) is 54.9. The van der Waals surface area contributed by atoms with Gasteiger partial charge in [-0.05, 0) is 126 Å². The molecule has 5 N–H and O–H groups in total. The lowest BCUT2D eigenvalue weighted by Gasteiger charge is -2.41. The van der Waals surface area contributed by atoms with Crippen molar-refractivity contribution < 1.29 is 51.5 Å². The molecule has 7 heterocycles. The highest BCUT2D eigenvalue weighted by atomic mass is 32.2. The number of carbonyl (C=O) groups excluding carboxylic acids is 8. The number of likely N-dealkylation sites (tertiary alicyclic amines) is 2. The summed E-state index contributed by atoms with van der Waals surface area (Å²) in [6.07, 6.45) is 5.40. The summed E-state index contributed by atoms with van der Waals surface area (Å²) in [5.74, 6) is -1.95. The first-order chi connectivity index (χ1) is 36.8. The third-order valence-corrected chi connectivity index (χ3v) is 20.7.